The van der Waals surface area contributed by atoms with Crippen LogP contribution < -0.4 is 0 Å². The van der Waals surface area contributed by atoms with Crippen LogP contribution in [-0.4, -0.2) is 4.98 Å². The summed E-state index contributed by atoms with van der Waals surface area (Å²) in [6.07, 6.45) is 1.80. The summed E-state index contributed by atoms with van der Waals surface area (Å²) in [5.74, 6) is 0. The first kappa shape index (κ1) is 10.5. The summed E-state index contributed by atoms with van der Waals surface area (Å²) < 4.78 is 0. The van der Waals surface area contributed by atoms with Crippen LogP contribution in [0.4, 0.5) is 0 Å². The van der Waals surface area contributed by atoms with Gasteiger partial charge in [0.05, 0.1) is 17.1 Å². The Balaban J connectivity index is 2.22. The Hall–Kier alpha value is -2.66. The van der Waals surface area contributed by atoms with E-state index in [2.05, 4.69) is 23.2 Å². The average molecular weight is 230 g/mol. The van der Waals surface area contributed by atoms with Crippen LogP contribution in [0.15, 0.2) is 60.8 Å². The molecule has 0 fully saturated rings. The molecule has 2 aromatic carbocycles. The number of hydrogen-bond donors (Lipinski definition) is 0. The van der Waals surface area contributed by atoms with Gasteiger partial charge in [-0.25, -0.2) is 0 Å². The van der Waals surface area contributed by atoms with Gasteiger partial charge < -0.3 is 0 Å². The van der Waals surface area contributed by atoms with Crippen LogP contribution in [0.1, 0.15) is 5.56 Å². The minimum Gasteiger partial charge on any atom is -0.256 e. The lowest BCUT2D eigenvalue weighted by atomic mass is 10.00. The molecule has 84 valence electrons. The van der Waals surface area contributed by atoms with E-state index in [4.69, 9.17) is 5.26 Å². The largest absolute Gasteiger partial charge is 0.256 e. The van der Waals surface area contributed by atoms with Crippen LogP contribution in [-0.2, 0) is 0 Å². The van der Waals surface area contributed by atoms with Crippen LogP contribution in [0.5, 0.6) is 0 Å². The Bertz CT molecular complexity index is 732. The number of nitrogens with zero attached hydrogens (tertiary/aromatic N) is 2. The number of hydrogen-bond acceptors (Lipinski definition) is 2. The molecule has 1 aromatic heterocycles. The van der Waals surface area contributed by atoms with Crippen molar-refractivity contribution < 1.29 is 0 Å². The van der Waals surface area contributed by atoms with Crippen molar-refractivity contribution in [1.82, 2.24) is 4.98 Å². The Morgan fingerprint density at radius 1 is 0.889 bits per heavy atom. The summed E-state index contributed by atoms with van der Waals surface area (Å²) in [5, 5.41) is 9.94. The summed E-state index contributed by atoms with van der Waals surface area (Å²) in [6, 6.07) is 19.8. The van der Waals surface area contributed by atoms with Gasteiger partial charge in [0, 0.05) is 11.6 Å². The van der Waals surface area contributed by atoms with Crippen LogP contribution in [0.25, 0.3) is 22.0 Å². The summed E-state index contributed by atoms with van der Waals surface area (Å²) >= 11 is 0. The topological polar surface area (TPSA) is 36.7 Å². The fraction of sp³-hybridized carbons (Fsp3) is 0. The SMILES string of the molecule is N#Cc1ccc(-c2cccc3ncccc23)cc1. The second-order valence-corrected chi connectivity index (χ2v) is 4.06. The third-order valence-electron chi connectivity index (χ3n) is 2.97. The number of pyridine rings is 1. The van der Waals surface area contributed by atoms with E-state index in [-0.39, 0.29) is 0 Å². The molecule has 0 N–H and O–H groups in total. The van der Waals surface area contributed by atoms with Crippen molar-refractivity contribution in [3.63, 3.8) is 0 Å². The van der Waals surface area contributed by atoms with Gasteiger partial charge >= 0.3 is 0 Å². The molecule has 0 saturated carbocycles. The molecule has 0 atom stereocenters. The second-order valence-electron chi connectivity index (χ2n) is 4.06. The fourth-order valence-corrected chi connectivity index (χ4v) is 2.08. The Morgan fingerprint density at radius 3 is 2.50 bits per heavy atom. The van der Waals surface area contributed by atoms with Gasteiger partial charge in [0.2, 0.25) is 0 Å². The van der Waals surface area contributed by atoms with Gasteiger partial charge in [-0.15, -0.1) is 0 Å². The number of rotatable bonds is 1. The molecule has 2 heteroatoms. The lowest BCUT2D eigenvalue weighted by Gasteiger charge is -2.06. The minimum absolute atomic E-state index is 0.678. The van der Waals surface area contributed by atoms with Gasteiger partial charge in [-0.2, -0.15) is 5.26 Å². The van der Waals surface area contributed by atoms with E-state index in [1.165, 1.54) is 0 Å². The quantitative estimate of drug-likeness (QED) is 0.638. The fourth-order valence-electron chi connectivity index (χ4n) is 2.08. The molecule has 0 aliphatic heterocycles. The Kier molecular flexibility index (Phi) is 2.51. The highest BCUT2D eigenvalue weighted by Crippen LogP contribution is 2.27. The molecule has 1 heterocycles. The van der Waals surface area contributed by atoms with Crippen molar-refractivity contribution in [1.29, 1.82) is 5.26 Å². The lowest BCUT2D eigenvalue weighted by molar-refractivity contribution is 1.41. The molecule has 0 aliphatic carbocycles. The molecular weight excluding hydrogens is 220 g/mol. The van der Waals surface area contributed by atoms with E-state index < -0.39 is 0 Å². The van der Waals surface area contributed by atoms with E-state index in [0.29, 0.717) is 5.56 Å². The molecule has 3 rings (SSSR count). The highest BCUT2D eigenvalue weighted by molar-refractivity contribution is 5.94. The van der Waals surface area contributed by atoms with Gasteiger partial charge in [0.15, 0.2) is 0 Å². The summed E-state index contributed by atoms with van der Waals surface area (Å²) in [4.78, 5) is 4.35. The summed E-state index contributed by atoms with van der Waals surface area (Å²) in [6.45, 7) is 0. The first-order valence-electron chi connectivity index (χ1n) is 5.73. The minimum atomic E-state index is 0.678. The van der Waals surface area contributed by atoms with Crippen molar-refractivity contribution in [2.24, 2.45) is 0 Å². The maximum absolute atomic E-state index is 8.81. The molecule has 18 heavy (non-hydrogen) atoms. The van der Waals surface area contributed by atoms with Crippen LogP contribution in [0, 0.1) is 11.3 Å². The predicted octanol–water partition coefficient (Wildman–Crippen LogP) is 3.77. The van der Waals surface area contributed by atoms with Gasteiger partial charge in [-0.3, -0.25) is 4.98 Å². The zero-order chi connectivity index (χ0) is 12.4. The lowest BCUT2D eigenvalue weighted by Crippen LogP contribution is -1.83. The highest BCUT2D eigenvalue weighted by atomic mass is 14.6. The van der Waals surface area contributed by atoms with E-state index in [0.717, 1.165) is 22.0 Å². The maximum Gasteiger partial charge on any atom is 0.0991 e. The molecule has 2 nitrogen and oxygen atoms in total. The van der Waals surface area contributed by atoms with Crippen molar-refractivity contribution in [2.45, 2.75) is 0 Å². The van der Waals surface area contributed by atoms with E-state index >= 15 is 0 Å². The average Bonchev–Trinajstić information content (AvgIpc) is 2.47. The highest BCUT2D eigenvalue weighted by Gasteiger charge is 2.03. The van der Waals surface area contributed by atoms with Gasteiger partial charge in [0.1, 0.15) is 0 Å². The molecule has 0 spiro atoms. The zero-order valence-electron chi connectivity index (χ0n) is 9.67. The third-order valence-corrected chi connectivity index (χ3v) is 2.97. The zero-order valence-corrected chi connectivity index (χ0v) is 9.67. The Labute approximate surface area is 105 Å². The van der Waals surface area contributed by atoms with Gasteiger partial charge in [0.25, 0.3) is 0 Å². The second kappa shape index (κ2) is 4.31. The first-order chi connectivity index (χ1) is 8.88. The molecule has 3 aromatic rings. The third kappa shape index (κ3) is 1.72. The molecular formula is C16H10N2. The Morgan fingerprint density at radius 2 is 1.72 bits per heavy atom. The molecule has 0 bridgehead atoms. The van der Waals surface area contributed by atoms with Crippen molar-refractivity contribution in [3.05, 3.63) is 66.4 Å². The van der Waals surface area contributed by atoms with Crippen molar-refractivity contribution in [2.75, 3.05) is 0 Å². The van der Waals surface area contributed by atoms with Crippen LogP contribution in [0.3, 0.4) is 0 Å². The normalized spacial score (nSPS) is 10.2. The number of fused-ring (bicyclic) bond motifs is 1. The number of nitriles is 1. The van der Waals surface area contributed by atoms with Crippen molar-refractivity contribution in [3.8, 4) is 17.2 Å². The van der Waals surface area contributed by atoms with Crippen LogP contribution >= 0.6 is 0 Å². The maximum atomic E-state index is 8.81. The summed E-state index contributed by atoms with van der Waals surface area (Å²) in [5.41, 5.74) is 3.91. The molecule has 0 aliphatic rings. The summed E-state index contributed by atoms with van der Waals surface area (Å²) in [7, 11) is 0. The van der Waals surface area contributed by atoms with E-state index in [1.54, 1.807) is 6.20 Å². The monoisotopic (exact) mass is 230 g/mol. The number of benzene rings is 2. The van der Waals surface area contributed by atoms with Crippen LogP contribution in [0.2, 0.25) is 0 Å². The molecule has 0 saturated heterocycles. The van der Waals surface area contributed by atoms with E-state index in [9.17, 15) is 0 Å². The van der Waals surface area contributed by atoms with Gasteiger partial charge in [-0.1, -0.05) is 30.3 Å². The molecule has 0 unspecified atom stereocenters. The standard InChI is InChI=1S/C16H10N2/c17-11-12-6-8-13(9-7-12)14-3-1-5-16-15(14)4-2-10-18-16/h1-10H. The number of aromatic nitrogens is 1. The van der Waals surface area contributed by atoms with E-state index in [1.807, 2.05) is 42.5 Å². The van der Waals surface area contributed by atoms with Crippen molar-refractivity contribution >= 4 is 10.9 Å². The first-order valence-corrected chi connectivity index (χ1v) is 5.73. The van der Waals surface area contributed by atoms with Gasteiger partial charge in [-0.05, 0) is 35.4 Å². The molecule has 0 amide bonds. The smallest absolute Gasteiger partial charge is 0.0991 e. The molecule has 0 radical (unpaired) electrons. The predicted molar refractivity (Wildman–Crippen MR) is 71.9 cm³/mol.